The molecule has 3 aromatic heterocycles. The molecule has 4 heterocycles. The molecule has 3 aromatic rings. The van der Waals surface area contributed by atoms with Gasteiger partial charge in [0.05, 0.1) is 25.1 Å². The smallest absolute Gasteiger partial charge is 0.350 e. The van der Waals surface area contributed by atoms with Gasteiger partial charge in [0.15, 0.2) is 5.13 Å². The van der Waals surface area contributed by atoms with Crippen LogP contribution in [0.25, 0.3) is 0 Å². The van der Waals surface area contributed by atoms with Crippen LogP contribution < -0.4 is 20.4 Å². The van der Waals surface area contributed by atoms with E-state index in [1.807, 2.05) is 30.1 Å². The van der Waals surface area contributed by atoms with Gasteiger partial charge in [0.2, 0.25) is 5.95 Å². The first kappa shape index (κ1) is 22.0. The number of rotatable bonds is 8. The predicted octanol–water partition coefficient (Wildman–Crippen LogP) is 2.80. The van der Waals surface area contributed by atoms with Gasteiger partial charge in [0.25, 0.3) is 0 Å². The fraction of sp³-hybridized carbons (Fsp3) is 0.429. The lowest BCUT2D eigenvalue weighted by molar-refractivity contribution is 0.0531. The van der Waals surface area contributed by atoms with Crippen molar-refractivity contribution in [1.82, 2.24) is 20.3 Å². The Labute approximate surface area is 190 Å². The van der Waals surface area contributed by atoms with Gasteiger partial charge in [-0.25, -0.2) is 9.78 Å². The minimum absolute atomic E-state index is 0.320. The Bertz CT molecular complexity index is 1050. The average Bonchev–Trinajstić information content (AvgIpc) is 3.43. The van der Waals surface area contributed by atoms with Crippen molar-refractivity contribution in [2.45, 2.75) is 20.4 Å². The number of anilines is 4. The van der Waals surface area contributed by atoms with E-state index in [2.05, 4.69) is 20.5 Å². The summed E-state index contributed by atoms with van der Waals surface area (Å²) in [7, 11) is 1.96. The van der Waals surface area contributed by atoms with Crippen LogP contribution in [0.2, 0.25) is 0 Å². The number of esters is 1. The molecule has 0 radical (unpaired) electrons. The number of ether oxygens (including phenoxy) is 1. The molecule has 1 saturated heterocycles. The number of thiazole rings is 1. The van der Waals surface area contributed by atoms with Crippen molar-refractivity contribution < 1.29 is 13.9 Å². The summed E-state index contributed by atoms with van der Waals surface area (Å²) in [6.07, 6.45) is 1.66. The van der Waals surface area contributed by atoms with Gasteiger partial charge >= 0.3 is 5.97 Å². The highest BCUT2D eigenvalue weighted by molar-refractivity contribution is 7.17. The standard InChI is InChI=1S/C21H27N7O3S/c1-4-30-19(29)18-14(2)23-21(32-18)26-20-24-16(27(3)13-15-6-5-11-31-15)12-17(25-20)28-9-7-22-8-10-28/h5-6,11-12,22H,4,7-10,13H2,1-3H3,(H,23,24,25,26). The highest BCUT2D eigenvalue weighted by atomic mass is 32.1. The van der Waals surface area contributed by atoms with E-state index >= 15 is 0 Å². The third kappa shape index (κ3) is 5.17. The van der Waals surface area contributed by atoms with Crippen molar-refractivity contribution in [1.29, 1.82) is 0 Å². The molecule has 1 aliphatic rings. The summed E-state index contributed by atoms with van der Waals surface area (Å²) in [5.41, 5.74) is 0.615. The zero-order chi connectivity index (χ0) is 22.5. The normalized spacial score (nSPS) is 13.8. The van der Waals surface area contributed by atoms with E-state index in [1.54, 1.807) is 20.1 Å². The third-order valence-corrected chi connectivity index (χ3v) is 6.03. The lowest BCUT2D eigenvalue weighted by atomic mass is 10.3. The van der Waals surface area contributed by atoms with Crippen LogP contribution in [0.4, 0.5) is 22.7 Å². The van der Waals surface area contributed by atoms with Gasteiger partial charge in [-0.3, -0.25) is 5.32 Å². The quantitative estimate of drug-likeness (QED) is 0.490. The van der Waals surface area contributed by atoms with Gasteiger partial charge in [-0.2, -0.15) is 9.97 Å². The number of carbonyl (C=O) groups is 1. The van der Waals surface area contributed by atoms with E-state index in [0.29, 0.717) is 34.8 Å². The highest BCUT2D eigenvalue weighted by Crippen LogP contribution is 2.28. The molecule has 0 unspecified atom stereocenters. The number of hydrogen-bond acceptors (Lipinski definition) is 11. The minimum Gasteiger partial charge on any atom is -0.467 e. The van der Waals surface area contributed by atoms with Crippen LogP contribution in [0.15, 0.2) is 28.9 Å². The van der Waals surface area contributed by atoms with E-state index in [4.69, 9.17) is 19.1 Å². The average molecular weight is 458 g/mol. The molecule has 11 heteroatoms. The van der Waals surface area contributed by atoms with E-state index in [-0.39, 0.29) is 5.97 Å². The maximum Gasteiger partial charge on any atom is 0.350 e. The predicted molar refractivity (Wildman–Crippen MR) is 124 cm³/mol. The molecular formula is C21H27N7O3S. The van der Waals surface area contributed by atoms with Gasteiger partial charge in [0.1, 0.15) is 22.3 Å². The van der Waals surface area contributed by atoms with E-state index in [1.165, 1.54) is 11.3 Å². The van der Waals surface area contributed by atoms with Gasteiger partial charge in [0, 0.05) is 39.3 Å². The van der Waals surface area contributed by atoms with Crippen LogP contribution in [0.5, 0.6) is 0 Å². The van der Waals surface area contributed by atoms with Crippen LogP contribution in [0, 0.1) is 6.92 Å². The zero-order valence-corrected chi connectivity index (χ0v) is 19.2. The molecule has 0 amide bonds. The molecule has 0 saturated carbocycles. The molecule has 0 bridgehead atoms. The molecular weight excluding hydrogens is 430 g/mol. The lowest BCUT2D eigenvalue weighted by Gasteiger charge is -2.29. The summed E-state index contributed by atoms with van der Waals surface area (Å²) in [6, 6.07) is 5.79. The molecule has 0 aromatic carbocycles. The summed E-state index contributed by atoms with van der Waals surface area (Å²) in [6.45, 7) is 7.99. The van der Waals surface area contributed by atoms with Gasteiger partial charge < -0.3 is 24.3 Å². The topological polar surface area (TPSA) is 109 Å². The van der Waals surface area contributed by atoms with Gasteiger partial charge in [-0.15, -0.1) is 0 Å². The lowest BCUT2D eigenvalue weighted by Crippen LogP contribution is -2.44. The van der Waals surface area contributed by atoms with Crippen LogP contribution in [0.1, 0.15) is 28.0 Å². The SMILES string of the molecule is CCOC(=O)c1sc(Nc2nc(N(C)Cc3ccco3)cc(N3CCNCC3)n2)nc1C. The van der Waals surface area contributed by atoms with Crippen LogP contribution in [-0.2, 0) is 11.3 Å². The van der Waals surface area contributed by atoms with E-state index < -0.39 is 0 Å². The van der Waals surface area contributed by atoms with Crippen molar-refractivity contribution >= 4 is 40.0 Å². The summed E-state index contributed by atoms with van der Waals surface area (Å²) in [5, 5.41) is 7.09. The molecule has 170 valence electrons. The Morgan fingerprint density at radius 1 is 1.34 bits per heavy atom. The Hall–Kier alpha value is -3.18. The van der Waals surface area contributed by atoms with Crippen molar-refractivity contribution in [3.63, 3.8) is 0 Å². The number of nitrogens with one attached hydrogen (secondary N) is 2. The number of hydrogen-bond donors (Lipinski definition) is 2. The van der Waals surface area contributed by atoms with Crippen molar-refractivity contribution in [2.75, 3.05) is 55.0 Å². The largest absolute Gasteiger partial charge is 0.467 e. The first-order valence-electron chi connectivity index (χ1n) is 10.5. The summed E-state index contributed by atoms with van der Waals surface area (Å²) in [4.78, 5) is 30.7. The van der Waals surface area contributed by atoms with Crippen LogP contribution in [0.3, 0.4) is 0 Å². The molecule has 4 rings (SSSR count). The third-order valence-electron chi connectivity index (χ3n) is 4.98. The number of nitrogens with zero attached hydrogens (tertiary/aromatic N) is 5. The Morgan fingerprint density at radius 3 is 2.88 bits per heavy atom. The van der Waals surface area contributed by atoms with E-state index in [0.717, 1.165) is 43.6 Å². The number of piperazine rings is 1. The minimum atomic E-state index is -0.370. The molecule has 1 aliphatic heterocycles. The second kappa shape index (κ2) is 9.96. The summed E-state index contributed by atoms with van der Waals surface area (Å²) in [5.74, 6) is 2.49. The molecule has 2 N–H and O–H groups in total. The number of aromatic nitrogens is 3. The fourth-order valence-corrected chi connectivity index (χ4v) is 4.23. The highest BCUT2D eigenvalue weighted by Gasteiger charge is 2.20. The van der Waals surface area contributed by atoms with Gasteiger partial charge in [-0.1, -0.05) is 11.3 Å². The fourth-order valence-electron chi connectivity index (χ4n) is 3.38. The Balaban J connectivity index is 1.61. The molecule has 0 spiro atoms. The number of carbonyl (C=O) groups excluding carboxylic acids is 1. The molecule has 0 atom stereocenters. The molecule has 1 fully saturated rings. The maximum atomic E-state index is 12.1. The second-order valence-electron chi connectivity index (χ2n) is 7.36. The molecule has 10 nitrogen and oxygen atoms in total. The summed E-state index contributed by atoms with van der Waals surface area (Å²) >= 11 is 1.23. The van der Waals surface area contributed by atoms with Gasteiger partial charge in [-0.05, 0) is 26.0 Å². The van der Waals surface area contributed by atoms with Crippen molar-refractivity contribution in [3.05, 3.63) is 40.8 Å². The van der Waals surface area contributed by atoms with Crippen LogP contribution in [-0.4, -0.2) is 60.8 Å². The molecule has 0 aliphatic carbocycles. The Morgan fingerprint density at radius 2 is 2.16 bits per heavy atom. The first-order chi connectivity index (χ1) is 15.5. The van der Waals surface area contributed by atoms with E-state index in [9.17, 15) is 4.79 Å². The van der Waals surface area contributed by atoms with Crippen molar-refractivity contribution in [3.8, 4) is 0 Å². The monoisotopic (exact) mass is 457 g/mol. The molecule has 32 heavy (non-hydrogen) atoms. The Kier molecular flexibility index (Phi) is 6.86. The second-order valence-corrected chi connectivity index (χ2v) is 8.36. The zero-order valence-electron chi connectivity index (χ0n) is 18.4. The first-order valence-corrected chi connectivity index (χ1v) is 11.3. The number of furan rings is 1. The van der Waals surface area contributed by atoms with Crippen LogP contribution >= 0.6 is 11.3 Å². The van der Waals surface area contributed by atoms with Crippen molar-refractivity contribution in [2.24, 2.45) is 0 Å². The summed E-state index contributed by atoms with van der Waals surface area (Å²) < 4.78 is 10.6. The number of aryl methyl sites for hydroxylation is 1. The maximum absolute atomic E-state index is 12.1.